The largest absolute Gasteiger partial charge is 0.398 e. The highest BCUT2D eigenvalue weighted by atomic mass is 35.5. The van der Waals surface area contributed by atoms with Crippen LogP contribution in [0.25, 0.3) is 0 Å². The number of halogens is 1. The van der Waals surface area contributed by atoms with Crippen LogP contribution in [-0.4, -0.2) is 12.5 Å². The van der Waals surface area contributed by atoms with Crippen molar-refractivity contribution in [1.82, 2.24) is 5.32 Å². The highest BCUT2D eigenvalue weighted by Crippen LogP contribution is 2.11. The van der Waals surface area contributed by atoms with Crippen LogP contribution in [0.15, 0.2) is 24.3 Å². The van der Waals surface area contributed by atoms with E-state index in [1.165, 1.54) is 0 Å². The van der Waals surface area contributed by atoms with Gasteiger partial charge in [0.25, 0.3) is 5.91 Å². The maximum atomic E-state index is 11.8. The number of nitrogens with one attached hydrogen (secondary N) is 1. The summed E-state index contributed by atoms with van der Waals surface area (Å²) in [4.78, 5) is 11.8. The number of nitrogens with two attached hydrogens (primary N) is 1. The van der Waals surface area contributed by atoms with Gasteiger partial charge in [0.2, 0.25) is 0 Å². The molecule has 1 aromatic rings. The number of benzene rings is 1. The third-order valence-corrected chi connectivity index (χ3v) is 2.91. The molecule has 1 rings (SSSR count). The summed E-state index contributed by atoms with van der Waals surface area (Å²) < 4.78 is 0. The van der Waals surface area contributed by atoms with Crippen molar-refractivity contribution in [3.63, 3.8) is 0 Å². The Morgan fingerprint density at radius 3 is 2.41 bits per heavy atom. The van der Waals surface area contributed by atoms with Gasteiger partial charge < -0.3 is 11.1 Å². The predicted molar refractivity (Wildman–Crippen MR) is 74.5 cm³/mol. The van der Waals surface area contributed by atoms with Gasteiger partial charge in [-0.3, -0.25) is 4.79 Å². The summed E-state index contributed by atoms with van der Waals surface area (Å²) in [5, 5.41) is 2.92. The van der Waals surface area contributed by atoms with Crippen LogP contribution in [0.1, 0.15) is 37.0 Å². The first-order valence-corrected chi connectivity index (χ1v) is 5.81. The van der Waals surface area contributed by atoms with Crippen molar-refractivity contribution in [2.24, 2.45) is 5.92 Å². The summed E-state index contributed by atoms with van der Waals surface area (Å²) in [5.74, 6) is 0.471. The van der Waals surface area contributed by atoms with E-state index in [2.05, 4.69) is 19.2 Å². The van der Waals surface area contributed by atoms with Crippen molar-refractivity contribution >= 4 is 24.0 Å². The second kappa shape index (κ2) is 7.96. The Hall–Kier alpha value is -1.22. The maximum Gasteiger partial charge on any atom is 0.253 e. The van der Waals surface area contributed by atoms with E-state index in [-0.39, 0.29) is 18.3 Å². The molecule has 0 saturated heterocycles. The highest BCUT2D eigenvalue weighted by Gasteiger charge is 2.10. The third-order valence-electron chi connectivity index (χ3n) is 2.91. The van der Waals surface area contributed by atoms with Crippen LogP contribution in [0.3, 0.4) is 0 Å². The molecule has 0 bridgehead atoms. The molecule has 96 valence electrons. The highest BCUT2D eigenvalue weighted by molar-refractivity contribution is 5.99. The SMILES string of the molecule is CCC(CC)CNC(=O)c1ccccc1N.Cl. The summed E-state index contributed by atoms with van der Waals surface area (Å²) in [5.41, 5.74) is 6.83. The molecule has 0 heterocycles. The van der Waals surface area contributed by atoms with Crippen molar-refractivity contribution < 1.29 is 4.79 Å². The fourth-order valence-corrected chi connectivity index (χ4v) is 1.61. The molecule has 1 amide bonds. The summed E-state index contributed by atoms with van der Waals surface area (Å²) >= 11 is 0. The van der Waals surface area contributed by atoms with Crippen LogP contribution in [0.4, 0.5) is 5.69 Å². The fraction of sp³-hybridized carbons (Fsp3) is 0.462. The van der Waals surface area contributed by atoms with Crippen LogP contribution in [0, 0.1) is 5.92 Å². The summed E-state index contributed by atoms with van der Waals surface area (Å²) in [6.45, 7) is 4.99. The molecule has 0 unspecified atom stereocenters. The monoisotopic (exact) mass is 256 g/mol. The van der Waals surface area contributed by atoms with Gasteiger partial charge in [0, 0.05) is 12.2 Å². The van der Waals surface area contributed by atoms with E-state index in [0.717, 1.165) is 19.4 Å². The van der Waals surface area contributed by atoms with Gasteiger partial charge in [0.05, 0.1) is 5.56 Å². The van der Waals surface area contributed by atoms with E-state index in [0.29, 0.717) is 17.2 Å². The molecule has 1 aromatic carbocycles. The van der Waals surface area contributed by atoms with Crippen LogP contribution in [0.5, 0.6) is 0 Å². The Labute approximate surface area is 109 Å². The molecule has 0 spiro atoms. The maximum absolute atomic E-state index is 11.8. The summed E-state index contributed by atoms with van der Waals surface area (Å²) in [6.07, 6.45) is 2.17. The first-order valence-electron chi connectivity index (χ1n) is 5.81. The zero-order chi connectivity index (χ0) is 12.0. The predicted octanol–water partition coefficient (Wildman–Crippen LogP) is 2.86. The number of carbonyl (C=O) groups excluding carboxylic acids is 1. The minimum absolute atomic E-state index is 0. The number of anilines is 1. The van der Waals surface area contributed by atoms with Crippen molar-refractivity contribution in [1.29, 1.82) is 0 Å². The minimum atomic E-state index is -0.0787. The van der Waals surface area contributed by atoms with E-state index in [9.17, 15) is 4.79 Å². The van der Waals surface area contributed by atoms with Gasteiger partial charge in [-0.25, -0.2) is 0 Å². The van der Waals surface area contributed by atoms with Gasteiger partial charge in [0.1, 0.15) is 0 Å². The van der Waals surface area contributed by atoms with Gasteiger partial charge in [-0.15, -0.1) is 12.4 Å². The Morgan fingerprint density at radius 1 is 1.29 bits per heavy atom. The molecule has 0 aliphatic rings. The van der Waals surface area contributed by atoms with Crippen molar-refractivity contribution in [2.75, 3.05) is 12.3 Å². The van der Waals surface area contributed by atoms with Crippen LogP contribution in [0.2, 0.25) is 0 Å². The number of para-hydroxylation sites is 1. The molecule has 4 heteroatoms. The van der Waals surface area contributed by atoms with Gasteiger partial charge in [-0.2, -0.15) is 0 Å². The molecular formula is C13H21ClN2O. The van der Waals surface area contributed by atoms with E-state index in [1.54, 1.807) is 12.1 Å². The number of carbonyl (C=O) groups is 1. The van der Waals surface area contributed by atoms with Gasteiger partial charge >= 0.3 is 0 Å². The minimum Gasteiger partial charge on any atom is -0.398 e. The van der Waals surface area contributed by atoms with E-state index >= 15 is 0 Å². The average molecular weight is 257 g/mol. The molecule has 0 atom stereocenters. The Balaban J connectivity index is 0.00000256. The number of hydrogen-bond acceptors (Lipinski definition) is 2. The first-order chi connectivity index (χ1) is 7.69. The molecular weight excluding hydrogens is 236 g/mol. The standard InChI is InChI=1S/C13H20N2O.ClH/c1-3-10(4-2)9-15-13(16)11-7-5-6-8-12(11)14;/h5-8,10H,3-4,9,14H2,1-2H3,(H,15,16);1H. The normalized spacial score (nSPS) is 9.82. The van der Waals surface area contributed by atoms with E-state index in [1.807, 2.05) is 12.1 Å². The van der Waals surface area contributed by atoms with Gasteiger partial charge in [0.15, 0.2) is 0 Å². The average Bonchev–Trinajstić information content (AvgIpc) is 2.30. The molecule has 0 fully saturated rings. The van der Waals surface area contributed by atoms with Crippen LogP contribution < -0.4 is 11.1 Å². The number of amides is 1. The second-order valence-corrected chi connectivity index (χ2v) is 3.98. The lowest BCUT2D eigenvalue weighted by molar-refractivity contribution is 0.0947. The smallest absolute Gasteiger partial charge is 0.253 e. The Morgan fingerprint density at radius 2 is 1.88 bits per heavy atom. The van der Waals surface area contributed by atoms with Crippen LogP contribution >= 0.6 is 12.4 Å². The molecule has 0 radical (unpaired) electrons. The Bertz CT molecular complexity index is 351. The molecule has 3 nitrogen and oxygen atoms in total. The molecule has 17 heavy (non-hydrogen) atoms. The topological polar surface area (TPSA) is 55.1 Å². The lowest BCUT2D eigenvalue weighted by Crippen LogP contribution is -2.29. The van der Waals surface area contributed by atoms with E-state index in [4.69, 9.17) is 5.73 Å². The lowest BCUT2D eigenvalue weighted by atomic mass is 10.0. The van der Waals surface area contributed by atoms with Crippen molar-refractivity contribution in [3.8, 4) is 0 Å². The number of hydrogen-bond donors (Lipinski definition) is 2. The summed E-state index contributed by atoms with van der Waals surface area (Å²) in [6, 6.07) is 7.14. The van der Waals surface area contributed by atoms with Crippen LogP contribution in [-0.2, 0) is 0 Å². The zero-order valence-electron chi connectivity index (χ0n) is 10.4. The first kappa shape index (κ1) is 15.8. The molecule has 0 aromatic heterocycles. The number of rotatable bonds is 5. The molecule has 0 saturated carbocycles. The van der Waals surface area contributed by atoms with Gasteiger partial charge in [-0.1, -0.05) is 38.8 Å². The third kappa shape index (κ3) is 4.65. The summed E-state index contributed by atoms with van der Waals surface area (Å²) in [7, 11) is 0. The molecule has 3 N–H and O–H groups in total. The molecule has 0 aliphatic heterocycles. The lowest BCUT2D eigenvalue weighted by Gasteiger charge is -2.13. The fourth-order valence-electron chi connectivity index (χ4n) is 1.61. The van der Waals surface area contributed by atoms with E-state index < -0.39 is 0 Å². The molecule has 0 aliphatic carbocycles. The van der Waals surface area contributed by atoms with Crippen molar-refractivity contribution in [2.45, 2.75) is 26.7 Å². The Kier molecular flexibility index (Phi) is 7.39. The number of nitrogen functional groups attached to an aromatic ring is 1. The quantitative estimate of drug-likeness (QED) is 0.796. The van der Waals surface area contributed by atoms with Gasteiger partial charge in [-0.05, 0) is 18.1 Å². The zero-order valence-corrected chi connectivity index (χ0v) is 11.2. The second-order valence-electron chi connectivity index (χ2n) is 3.98. The van der Waals surface area contributed by atoms with Crippen molar-refractivity contribution in [3.05, 3.63) is 29.8 Å².